The molecule has 0 aliphatic rings. The van der Waals surface area contributed by atoms with Crippen LogP contribution in [-0.4, -0.2) is 0 Å². The van der Waals surface area contributed by atoms with Crippen molar-refractivity contribution in [3.8, 4) is 0 Å². The maximum Gasteiger partial charge on any atom is -0.0314 e. The lowest BCUT2D eigenvalue weighted by Gasteiger charge is -1.91. The first kappa shape index (κ1) is 13.1. The third-order valence-electron chi connectivity index (χ3n) is 1.42. The molecule has 0 N–H and O–H groups in total. The van der Waals surface area contributed by atoms with Crippen molar-refractivity contribution < 1.29 is 0 Å². The van der Waals surface area contributed by atoms with Crippen LogP contribution in [0.1, 0.15) is 47.0 Å². The molecule has 0 unspecified atom stereocenters. The molecule has 0 aromatic rings. The van der Waals surface area contributed by atoms with Gasteiger partial charge in [-0.2, -0.15) is 0 Å². The van der Waals surface area contributed by atoms with Crippen molar-refractivity contribution in [1.29, 1.82) is 0 Å². The molecule has 0 heterocycles. The molecule has 0 saturated carbocycles. The van der Waals surface area contributed by atoms with Gasteiger partial charge in [0, 0.05) is 0 Å². The zero-order valence-electron chi connectivity index (χ0n) is 8.48. The number of allylic oxidation sites excluding steroid dienone is 3. The van der Waals surface area contributed by atoms with E-state index in [0.29, 0.717) is 0 Å². The normalized spacial score (nSPS) is 10.0. The van der Waals surface area contributed by atoms with Gasteiger partial charge < -0.3 is 0 Å². The van der Waals surface area contributed by atoms with E-state index in [1.165, 1.54) is 12.0 Å². The Morgan fingerprint density at radius 1 is 1.27 bits per heavy atom. The monoisotopic (exact) mass is 154 g/mol. The molecule has 0 saturated heterocycles. The van der Waals surface area contributed by atoms with Crippen LogP contribution in [0.15, 0.2) is 24.3 Å². The van der Waals surface area contributed by atoms with E-state index < -0.39 is 0 Å². The van der Waals surface area contributed by atoms with E-state index in [-0.39, 0.29) is 0 Å². The van der Waals surface area contributed by atoms with Gasteiger partial charge in [0.05, 0.1) is 0 Å². The summed E-state index contributed by atoms with van der Waals surface area (Å²) in [6, 6.07) is 0. The third-order valence-corrected chi connectivity index (χ3v) is 1.42. The van der Waals surface area contributed by atoms with Crippen LogP contribution >= 0.6 is 0 Å². The summed E-state index contributed by atoms with van der Waals surface area (Å²) in [5.41, 5.74) is 1.48. The van der Waals surface area contributed by atoms with Crippen LogP contribution in [0.5, 0.6) is 0 Å². The Balaban J connectivity index is 0. The second kappa shape index (κ2) is 12.2. The summed E-state index contributed by atoms with van der Waals surface area (Å²) in [4.78, 5) is 0. The van der Waals surface area contributed by atoms with E-state index in [4.69, 9.17) is 0 Å². The number of unbranched alkanes of at least 4 members (excludes halogenated alkanes) is 1. The molecule has 0 aliphatic heterocycles. The molecule has 66 valence electrons. The van der Waals surface area contributed by atoms with Crippen molar-refractivity contribution in [3.63, 3.8) is 0 Å². The first-order valence-electron chi connectivity index (χ1n) is 4.57. The maximum absolute atomic E-state index is 3.65. The van der Waals surface area contributed by atoms with Gasteiger partial charge in [-0.15, -0.1) is 6.58 Å². The van der Waals surface area contributed by atoms with Crippen LogP contribution < -0.4 is 0 Å². The average Bonchev–Trinajstić information content (AvgIpc) is 2.08. The van der Waals surface area contributed by atoms with Crippen LogP contribution in [0.2, 0.25) is 0 Å². The van der Waals surface area contributed by atoms with Crippen LogP contribution in [0.25, 0.3) is 0 Å². The summed E-state index contributed by atoms with van der Waals surface area (Å²) in [6.07, 6.45) is 7.68. The first-order chi connectivity index (χ1) is 5.31. The lowest BCUT2D eigenvalue weighted by atomic mass is 10.2. The molecule has 11 heavy (non-hydrogen) atoms. The number of hydrogen-bond donors (Lipinski definition) is 0. The van der Waals surface area contributed by atoms with Gasteiger partial charge >= 0.3 is 0 Å². The molecule has 0 amide bonds. The minimum Gasteiger partial charge on any atom is -0.103 e. The molecule has 0 nitrogen and oxygen atoms in total. The highest BCUT2D eigenvalue weighted by atomic mass is 13.9. The summed E-state index contributed by atoms with van der Waals surface area (Å²) in [5, 5.41) is 0. The van der Waals surface area contributed by atoms with Crippen LogP contribution in [0.4, 0.5) is 0 Å². The van der Waals surface area contributed by atoms with Crippen LogP contribution in [0.3, 0.4) is 0 Å². The van der Waals surface area contributed by atoms with Gasteiger partial charge in [0.2, 0.25) is 0 Å². The summed E-state index contributed by atoms with van der Waals surface area (Å²) in [7, 11) is 0. The highest BCUT2D eigenvalue weighted by Gasteiger charge is 1.80. The minimum atomic E-state index is 1.11. The van der Waals surface area contributed by atoms with Gasteiger partial charge in [0.1, 0.15) is 0 Å². The zero-order chi connectivity index (χ0) is 9.11. The third kappa shape index (κ3) is 12.6. The summed E-state index contributed by atoms with van der Waals surface area (Å²) < 4.78 is 0. The molecule has 0 heteroatoms. The molecule has 0 atom stereocenters. The molecular formula is C11H22. The molecule has 0 aromatic heterocycles. The van der Waals surface area contributed by atoms with Gasteiger partial charge in [-0.3, -0.25) is 0 Å². The smallest absolute Gasteiger partial charge is 0.0314 e. The van der Waals surface area contributed by atoms with E-state index in [9.17, 15) is 0 Å². The zero-order valence-corrected chi connectivity index (χ0v) is 8.48. The van der Waals surface area contributed by atoms with E-state index in [0.717, 1.165) is 12.8 Å². The Kier molecular flexibility index (Phi) is 14.5. The second-order valence-electron chi connectivity index (χ2n) is 2.27. The molecule has 0 rings (SSSR count). The van der Waals surface area contributed by atoms with Gasteiger partial charge in [-0.1, -0.05) is 38.5 Å². The molecular weight excluding hydrogens is 132 g/mol. The maximum atomic E-state index is 3.65. The Hall–Kier alpha value is -0.520. The average molecular weight is 154 g/mol. The topological polar surface area (TPSA) is 0 Å². The Labute approximate surface area is 72.0 Å². The fraction of sp³-hybridized carbons (Fsp3) is 0.636. The highest BCUT2D eigenvalue weighted by Crippen LogP contribution is 2.01. The Morgan fingerprint density at radius 2 is 1.82 bits per heavy atom. The predicted octanol–water partition coefficient (Wildman–Crippen LogP) is 4.34. The van der Waals surface area contributed by atoms with Crippen molar-refractivity contribution in [1.82, 2.24) is 0 Å². The van der Waals surface area contributed by atoms with Crippen molar-refractivity contribution >= 4 is 0 Å². The van der Waals surface area contributed by atoms with Crippen molar-refractivity contribution in [3.05, 3.63) is 24.3 Å². The molecule has 0 fully saturated rings. The highest BCUT2D eigenvalue weighted by molar-refractivity contribution is 4.97. The van der Waals surface area contributed by atoms with E-state index >= 15 is 0 Å². The number of hydrogen-bond acceptors (Lipinski definition) is 0. The fourth-order valence-electron chi connectivity index (χ4n) is 0.592. The quantitative estimate of drug-likeness (QED) is 0.417. The summed E-state index contributed by atoms with van der Waals surface area (Å²) in [5.74, 6) is 0. The van der Waals surface area contributed by atoms with Gasteiger partial charge in [-0.05, 0) is 26.2 Å². The minimum absolute atomic E-state index is 1.11. The van der Waals surface area contributed by atoms with E-state index in [1.807, 2.05) is 19.9 Å². The summed E-state index contributed by atoms with van der Waals surface area (Å²) in [6.45, 7) is 12.0. The second-order valence-corrected chi connectivity index (χ2v) is 2.27. The Bertz CT molecular complexity index is 98.6. The standard InChI is InChI=1S/C9H16.C2H6/c1-4-6-7-8-9(3)5-2;1-2/h4,8H,1,5-7H2,2-3H3;1-2H3/b9-8+;. The van der Waals surface area contributed by atoms with Gasteiger partial charge in [0.25, 0.3) is 0 Å². The van der Waals surface area contributed by atoms with Gasteiger partial charge in [0.15, 0.2) is 0 Å². The van der Waals surface area contributed by atoms with Crippen molar-refractivity contribution in [2.75, 3.05) is 0 Å². The SMILES string of the molecule is C=CCC/C=C(\C)CC.CC. The Morgan fingerprint density at radius 3 is 2.18 bits per heavy atom. The molecule has 0 bridgehead atoms. The predicted molar refractivity (Wildman–Crippen MR) is 54.8 cm³/mol. The number of rotatable bonds is 4. The molecule has 0 aliphatic carbocycles. The van der Waals surface area contributed by atoms with Crippen molar-refractivity contribution in [2.45, 2.75) is 47.0 Å². The van der Waals surface area contributed by atoms with Crippen LogP contribution in [0, 0.1) is 0 Å². The van der Waals surface area contributed by atoms with Crippen molar-refractivity contribution in [2.24, 2.45) is 0 Å². The lowest BCUT2D eigenvalue weighted by Crippen LogP contribution is -1.71. The molecule has 0 aromatic carbocycles. The molecule has 0 spiro atoms. The van der Waals surface area contributed by atoms with Crippen LogP contribution in [-0.2, 0) is 0 Å². The van der Waals surface area contributed by atoms with E-state index in [2.05, 4.69) is 26.5 Å². The molecule has 0 radical (unpaired) electrons. The first-order valence-corrected chi connectivity index (χ1v) is 4.57. The fourth-order valence-corrected chi connectivity index (χ4v) is 0.592. The summed E-state index contributed by atoms with van der Waals surface area (Å²) >= 11 is 0. The van der Waals surface area contributed by atoms with E-state index in [1.54, 1.807) is 0 Å². The lowest BCUT2D eigenvalue weighted by molar-refractivity contribution is 1.00. The largest absolute Gasteiger partial charge is 0.103 e. The van der Waals surface area contributed by atoms with Gasteiger partial charge in [-0.25, -0.2) is 0 Å².